The van der Waals surface area contributed by atoms with E-state index in [1.54, 1.807) is 19.1 Å². The Morgan fingerprint density at radius 2 is 1.82 bits per heavy atom. The minimum atomic E-state index is -3.96. The van der Waals surface area contributed by atoms with Crippen molar-refractivity contribution in [3.8, 4) is 5.75 Å². The van der Waals surface area contributed by atoms with Crippen LogP contribution >= 0.6 is 0 Å². The smallest absolute Gasteiger partial charge is 0.241 e. The van der Waals surface area contributed by atoms with Crippen LogP contribution in [0.2, 0.25) is 0 Å². The molecule has 2 aromatic carbocycles. The number of aryl methyl sites for hydroxylation is 1. The monoisotopic (exact) mass is 412 g/mol. The predicted molar refractivity (Wildman–Crippen MR) is 103 cm³/mol. The minimum absolute atomic E-state index is 0.165. The molecule has 0 heterocycles. The summed E-state index contributed by atoms with van der Waals surface area (Å²) in [5.41, 5.74) is 0.685. The van der Waals surface area contributed by atoms with E-state index in [0.717, 1.165) is 24.0 Å². The fourth-order valence-corrected chi connectivity index (χ4v) is 3.27. The Morgan fingerprint density at radius 3 is 2.39 bits per heavy atom. The summed E-state index contributed by atoms with van der Waals surface area (Å²) in [4.78, 5) is 12.2. The Labute approximate surface area is 163 Å². The van der Waals surface area contributed by atoms with Crippen molar-refractivity contribution in [1.82, 2.24) is 5.32 Å². The SMILES string of the molecule is Cc1ccc(OCC(C)NC(=O)CN(c2ccc(F)cc2F)S(C)(=O)=O)cc1. The first-order valence-electron chi connectivity index (χ1n) is 8.48. The average molecular weight is 412 g/mol. The van der Waals surface area contributed by atoms with Gasteiger partial charge in [0, 0.05) is 6.07 Å². The van der Waals surface area contributed by atoms with Gasteiger partial charge in [-0.1, -0.05) is 17.7 Å². The molecule has 0 bridgehead atoms. The quantitative estimate of drug-likeness (QED) is 0.723. The molecule has 1 atom stereocenters. The number of benzene rings is 2. The molecule has 0 aliphatic carbocycles. The van der Waals surface area contributed by atoms with Crippen LogP contribution in [0.4, 0.5) is 14.5 Å². The van der Waals surface area contributed by atoms with Crippen molar-refractivity contribution in [3.63, 3.8) is 0 Å². The zero-order valence-electron chi connectivity index (χ0n) is 15.8. The number of carbonyl (C=O) groups is 1. The molecule has 0 saturated carbocycles. The highest BCUT2D eigenvalue weighted by atomic mass is 32.2. The molecule has 9 heteroatoms. The molecular weight excluding hydrogens is 390 g/mol. The topological polar surface area (TPSA) is 75.7 Å². The molecule has 0 radical (unpaired) electrons. The third kappa shape index (κ3) is 6.19. The highest BCUT2D eigenvalue weighted by Crippen LogP contribution is 2.22. The van der Waals surface area contributed by atoms with Crippen molar-refractivity contribution in [3.05, 3.63) is 59.7 Å². The van der Waals surface area contributed by atoms with Crippen molar-refractivity contribution >= 4 is 21.6 Å². The van der Waals surface area contributed by atoms with E-state index in [1.807, 2.05) is 19.1 Å². The van der Waals surface area contributed by atoms with Crippen LogP contribution in [0.3, 0.4) is 0 Å². The molecular formula is C19H22F2N2O4S. The van der Waals surface area contributed by atoms with Gasteiger partial charge in [-0.3, -0.25) is 9.10 Å². The second-order valence-corrected chi connectivity index (χ2v) is 8.36. The van der Waals surface area contributed by atoms with Crippen LogP contribution in [-0.4, -0.2) is 39.8 Å². The van der Waals surface area contributed by atoms with Crippen LogP contribution in [-0.2, 0) is 14.8 Å². The first-order valence-corrected chi connectivity index (χ1v) is 10.3. The van der Waals surface area contributed by atoms with Crippen LogP contribution in [0.15, 0.2) is 42.5 Å². The number of amides is 1. The summed E-state index contributed by atoms with van der Waals surface area (Å²) >= 11 is 0. The summed E-state index contributed by atoms with van der Waals surface area (Å²) in [6.45, 7) is 3.16. The Balaban J connectivity index is 2.00. The molecule has 2 aromatic rings. The van der Waals surface area contributed by atoms with Crippen LogP contribution in [0.5, 0.6) is 5.75 Å². The van der Waals surface area contributed by atoms with E-state index in [2.05, 4.69) is 5.32 Å². The summed E-state index contributed by atoms with van der Waals surface area (Å²) in [5.74, 6) is -1.93. The zero-order chi connectivity index (χ0) is 20.9. The molecule has 2 rings (SSSR count). The number of halogens is 2. The third-order valence-corrected chi connectivity index (χ3v) is 4.92. The van der Waals surface area contributed by atoms with Crippen molar-refractivity contribution in [2.75, 3.05) is 23.7 Å². The molecule has 0 spiro atoms. The molecule has 1 N–H and O–H groups in total. The largest absolute Gasteiger partial charge is 0.491 e. The number of rotatable bonds is 8. The van der Waals surface area contributed by atoms with Gasteiger partial charge in [0.2, 0.25) is 15.9 Å². The van der Waals surface area contributed by atoms with E-state index < -0.39 is 45.8 Å². The molecule has 28 heavy (non-hydrogen) atoms. The number of nitrogens with one attached hydrogen (secondary N) is 1. The molecule has 1 amide bonds. The standard InChI is InChI=1S/C19H22F2N2O4S/c1-13-4-7-16(8-5-13)27-12-14(2)22-19(24)11-23(28(3,25)26)18-9-6-15(20)10-17(18)21/h4-10,14H,11-12H2,1-3H3,(H,22,24). The summed E-state index contributed by atoms with van der Waals surface area (Å²) in [6, 6.07) is 9.41. The summed E-state index contributed by atoms with van der Waals surface area (Å²) in [7, 11) is -3.96. The van der Waals surface area contributed by atoms with E-state index in [9.17, 15) is 22.0 Å². The maximum atomic E-state index is 14.0. The second-order valence-electron chi connectivity index (χ2n) is 6.46. The van der Waals surface area contributed by atoms with Crippen LogP contribution in [0.25, 0.3) is 0 Å². The first kappa shape index (κ1) is 21.6. The molecule has 0 aliphatic rings. The molecule has 6 nitrogen and oxygen atoms in total. The third-order valence-electron chi connectivity index (χ3n) is 3.79. The lowest BCUT2D eigenvalue weighted by molar-refractivity contribution is -0.120. The van der Waals surface area contributed by atoms with E-state index in [-0.39, 0.29) is 6.61 Å². The average Bonchev–Trinajstić information content (AvgIpc) is 2.59. The number of hydrogen-bond acceptors (Lipinski definition) is 4. The fraction of sp³-hybridized carbons (Fsp3) is 0.316. The van der Waals surface area contributed by atoms with Gasteiger partial charge in [-0.15, -0.1) is 0 Å². The minimum Gasteiger partial charge on any atom is -0.491 e. The van der Waals surface area contributed by atoms with Gasteiger partial charge >= 0.3 is 0 Å². The molecule has 1 unspecified atom stereocenters. The molecule has 0 fully saturated rings. The number of anilines is 1. The van der Waals surface area contributed by atoms with E-state index >= 15 is 0 Å². The Hall–Kier alpha value is -2.68. The molecule has 0 aliphatic heterocycles. The van der Waals surface area contributed by atoms with Crippen LogP contribution < -0.4 is 14.4 Å². The molecule has 0 saturated heterocycles. The van der Waals surface area contributed by atoms with Gasteiger partial charge in [0.25, 0.3) is 0 Å². The fourth-order valence-electron chi connectivity index (χ4n) is 2.41. The van der Waals surface area contributed by atoms with Crippen LogP contribution in [0, 0.1) is 18.6 Å². The van der Waals surface area contributed by atoms with Gasteiger partial charge in [-0.2, -0.15) is 0 Å². The zero-order valence-corrected chi connectivity index (χ0v) is 16.6. The van der Waals surface area contributed by atoms with E-state index in [4.69, 9.17) is 4.74 Å². The normalized spacial score (nSPS) is 12.3. The lowest BCUT2D eigenvalue weighted by atomic mass is 10.2. The lowest BCUT2D eigenvalue weighted by Gasteiger charge is -2.23. The highest BCUT2D eigenvalue weighted by molar-refractivity contribution is 7.92. The summed E-state index contributed by atoms with van der Waals surface area (Å²) < 4.78 is 57.2. The second kappa shape index (κ2) is 9.01. The Morgan fingerprint density at radius 1 is 1.18 bits per heavy atom. The van der Waals surface area contributed by atoms with Crippen LogP contribution in [0.1, 0.15) is 12.5 Å². The van der Waals surface area contributed by atoms with Crippen molar-refractivity contribution < 1.29 is 26.7 Å². The van der Waals surface area contributed by atoms with Gasteiger partial charge in [-0.05, 0) is 38.1 Å². The number of nitrogens with zero attached hydrogens (tertiary/aromatic N) is 1. The molecule has 152 valence electrons. The summed E-state index contributed by atoms with van der Waals surface area (Å²) in [5, 5.41) is 2.60. The van der Waals surface area contributed by atoms with Gasteiger partial charge < -0.3 is 10.1 Å². The van der Waals surface area contributed by atoms with Crippen molar-refractivity contribution in [1.29, 1.82) is 0 Å². The number of hydrogen-bond donors (Lipinski definition) is 1. The Kier molecular flexibility index (Phi) is 6.95. The maximum Gasteiger partial charge on any atom is 0.241 e. The lowest BCUT2D eigenvalue weighted by Crippen LogP contribution is -2.45. The van der Waals surface area contributed by atoms with Crippen molar-refractivity contribution in [2.24, 2.45) is 0 Å². The van der Waals surface area contributed by atoms with E-state index in [0.29, 0.717) is 16.1 Å². The molecule has 0 aromatic heterocycles. The van der Waals surface area contributed by atoms with Gasteiger partial charge in [0.1, 0.15) is 30.5 Å². The Bertz CT molecular complexity index is 933. The number of ether oxygens (including phenoxy) is 1. The summed E-state index contributed by atoms with van der Waals surface area (Å²) in [6.07, 6.45) is 0.840. The van der Waals surface area contributed by atoms with Crippen molar-refractivity contribution in [2.45, 2.75) is 19.9 Å². The maximum absolute atomic E-state index is 14.0. The van der Waals surface area contributed by atoms with E-state index in [1.165, 1.54) is 0 Å². The van der Waals surface area contributed by atoms with Gasteiger partial charge in [0.15, 0.2) is 0 Å². The van der Waals surface area contributed by atoms with Gasteiger partial charge in [0.05, 0.1) is 18.0 Å². The first-order chi connectivity index (χ1) is 13.1. The number of carbonyl (C=O) groups excluding carboxylic acids is 1. The predicted octanol–water partition coefficient (Wildman–Crippen LogP) is 2.62. The number of sulfonamides is 1. The van der Waals surface area contributed by atoms with Gasteiger partial charge in [-0.25, -0.2) is 17.2 Å². The highest BCUT2D eigenvalue weighted by Gasteiger charge is 2.24.